The largest absolute Gasteiger partial charge is 0.398 e. The van der Waals surface area contributed by atoms with Crippen molar-refractivity contribution in [2.45, 2.75) is 10.6 Å². The third kappa shape index (κ3) is 3.68. The lowest BCUT2D eigenvalue weighted by atomic mass is 10.2. The van der Waals surface area contributed by atoms with Crippen molar-refractivity contribution in [1.29, 1.82) is 0 Å². The Labute approximate surface area is 123 Å². The molecule has 0 bridgehead atoms. The predicted octanol–water partition coefficient (Wildman–Crippen LogP) is 2.93. The number of para-hydroxylation sites is 2. The minimum absolute atomic E-state index is 0.137. The molecular weight excluding hydrogens is 292 g/mol. The lowest BCUT2D eigenvalue weighted by Gasteiger charge is -2.12. The normalized spacial score (nSPS) is 11.2. The maximum absolute atomic E-state index is 12.2. The Balaban J connectivity index is 2.22. The van der Waals surface area contributed by atoms with Crippen molar-refractivity contribution in [2.75, 3.05) is 16.7 Å². The Morgan fingerprint density at radius 3 is 2.45 bits per heavy atom. The van der Waals surface area contributed by atoms with Crippen LogP contribution >= 0.6 is 11.8 Å². The quantitative estimate of drug-likeness (QED) is 0.658. The smallest absolute Gasteiger partial charge is 0.237 e. The van der Waals surface area contributed by atoms with Gasteiger partial charge in [-0.15, -0.1) is 11.8 Å². The molecule has 0 aliphatic heterocycles. The maximum Gasteiger partial charge on any atom is 0.237 e. The van der Waals surface area contributed by atoms with Gasteiger partial charge < -0.3 is 5.73 Å². The summed E-state index contributed by atoms with van der Waals surface area (Å²) in [7, 11) is -3.49. The van der Waals surface area contributed by atoms with Gasteiger partial charge in [-0.05, 0) is 30.0 Å². The first kappa shape index (κ1) is 14.7. The molecule has 0 saturated heterocycles. The summed E-state index contributed by atoms with van der Waals surface area (Å²) in [5.74, 6) is -0.137. The molecule has 2 aromatic carbocycles. The second-order valence-corrected chi connectivity index (χ2v) is 6.83. The van der Waals surface area contributed by atoms with Gasteiger partial charge >= 0.3 is 0 Å². The number of nitrogen functional groups attached to an aromatic ring is 1. The monoisotopic (exact) mass is 308 g/mol. The second-order valence-electron chi connectivity index (χ2n) is 4.26. The maximum atomic E-state index is 12.2. The number of nitrogens with one attached hydrogen (secondary N) is 1. The second kappa shape index (κ2) is 6.19. The summed E-state index contributed by atoms with van der Waals surface area (Å²) >= 11 is 1.49. The van der Waals surface area contributed by atoms with Crippen molar-refractivity contribution in [1.82, 2.24) is 0 Å². The number of sulfonamides is 1. The van der Waals surface area contributed by atoms with Crippen LogP contribution in [0.25, 0.3) is 0 Å². The Bertz CT molecular complexity index is 700. The SMILES string of the molecule is CSc1ccccc1NS(=O)(=O)Cc1ccccc1N. The van der Waals surface area contributed by atoms with Gasteiger partial charge in [-0.2, -0.15) is 0 Å². The van der Waals surface area contributed by atoms with Crippen molar-refractivity contribution >= 4 is 33.2 Å². The van der Waals surface area contributed by atoms with E-state index in [0.29, 0.717) is 16.9 Å². The summed E-state index contributed by atoms with van der Waals surface area (Å²) in [4.78, 5) is 0.886. The van der Waals surface area contributed by atoms with Gasteiger partial charge in [0.2, 0.25) is 10.0 Å². The Kier molecular flexibility index (Phi) is 4.57. The number of benzene rings is 2. The lowest BCUT2D eigenvalue weighted by Crippen LogP contribution is -2.16. The number of nitrogens with two attached hydrogens (primary N) is 1. The van der Waals surface area contributed by atoms with Gasteiger partial charge in [0.15, 0.2) is 0 Å². The first-order valence-electron chi connectivity index (χ1n) is 5.99. The summed E-state index contributed by atoms with van der Waals surface area (Å²) in [6.45, 7) is 0. The van der Waals surface area contributed by atoms with Crippen LogP contribution < -0.4 is 10.5 Å². The molecule has 0 spiro atoms. The summed E-state index contributed by atoms with van der Waals surface area (Å²) in [5.41, 5.74) is 7.45. The summed E-state index contributed by atoms with van der Waals surface area (Å²) < 4.78 is 27.0. The highest BCUT2D eigenvalue weighted by Gasteiger charge is 2.15. The molecule has 0 saturated carbocycles. The van der Waals surface area contributed by atoms with E-state index < -0.39 is 10.0 Å². The molecule has 0 unspecified atom stereocenters. The molecule has 106 valence electrons. The van der Waals surface area contributed by atoms with E-state index in [2.05, 4.69) is 4.72 Å². The molecule has 6 heteroatoms. The fraction of sp³-hybridized carbons (Fsp3) is 0.143. The van der Waals surface area contributed by atoms with E-state index in [1.165, 1.54) is 11.8 Å². The van der Waals surface area contributed by atoms with E-state index in [9.17, 15) is 8.42 Å². The van der Waals surface area contributed by atoms with E-state index >= 15 is 0 Å². The zero-order valence-corrected chi connectivity index (χ0v) is 12.7. The molecule has 0 atom stereocenters. The molecule has 3 N–H and O–H groups in total. The summed E-state index contributed by atoms with van der Waals surface area (Å²) in [6.07, 6.45) is 1.91. The van der Waals surface area contributed by atoms with Gasteiger partial charge in [-0.25, -0.2) is 8.42 Å². The molecule has 0 radical (unpaired) electrons. The predicted molar refractivity (Wildman–Crippen MR) is 85.3 cm³/mol. The minimum Gasteiger partial charge on any atom is -0.398 e. The van der Waals surface area contributed by atoms with Crippen LogP contribution in [0.2, 0.25) is 0 Å². The van der Waals surface area contributed by atoms with Crippen LogP contribution in [0.3, 0.4) is 0 Å². The van der Waals surface area contributed by atoms with Gasteiger partial charge in [0.1, 0.15) is 0 Å². The molecule has 0 fully saturated rings. The molecule has 2 rings (SSSR count). The summed E-state index contributed by atoms with van der Waals surface area (Å²) in [5, 5.41) is 0. The van der Waals surface area contributed by atoms with E-state index in [4.69, 9.17) is 5.73 Å². The average Bonchev–Trinajstić information content (AvgIpc) is 2.41. The number of hydrogen-bond donors (Lipinski definition) is 2. The zero-order valence-electron chi connectivity index (χ0n) is 11.0. The molecular formula is C14H16N2O2S2. The van der Waals surface area contributed by atoms with Crippen molar-refractivity contribution < 1.29 is 8.42 Å². The minimum atomic E-state index is -3.49. The highest BCUT2D eigenvalue weighted by molar-refractivity contribution is 7.99. The molecule has 0 aliphatic carbocycles. The standard InChI is InChI=1S/C14H16N2O2S2/c1-19-14-9-5-4-8-13(14)16-20(17,18)10-11-6-2-3-7-12(11)15/h2-9,16H,10,15H2,1H3. The summed E-state index contributed by atoms with van der Waals surface area (Å²) in [6, 6.07) is 14.3. The van der Waals surface area contributed by atoms with Crippen molar-refractivity contribution in [2.24, 2.45) is 0 Å². The van der Waals surface area contributed by atoms with E-state index in [1.54, 1.807) is 36.4 Å². The molecule has 0 aliphatic rings. The lowest BCUT2D eigenvalue weighted by molar-refractivity contribution is 0.600. The molecule has 0 heterocycles. The van der Waals surface area contributed by atoms with E-state index in [0.717, 1.165) is 4.90 Å². The van der Waals surface area contributed by atoms with Crippen LogP contribution in [0.5, 0.6) is 0 Å². The highest BCUT2D eigenvalue weighted by atomic mass is 32.2. The van der Waals surface area contributed by atoms with Crippen LogP contribution in [0.4, 0.5) is 11.4 Å². The van der Waals surface area contributed by atoms with E-state index in [1.807, 2.05) is 18.4 Å². The molecule has 0 amide bonds. The number of thioether (sulfide) groups is 1. The zero-order chi connectivity index (χ0) is 14.6. The first-order chi connectivity index (χ1) is 9.52. The average molecular weight is 308 g/mol. The highest BCUT2D eigenvalue weighted by Crippen LogP contribution is 2.26. The van der Waals surface area contributed by atoms with Crippen LogP contribution in [-0.4, -0.2) is 14.7 Å². The van der Waals surface area contributed by atoms with Crippen molar-refractivity contribution in [3.05, 3.63) is 54.1 Å². The fourth-order valence-corrected chi connectivity index (χ4v) is 3.68. The van der Waals surface area contributed by atoms with Gasteiger partial charge in [-0.1, -0.05) is 30.3 Å². The molecule has 0 aromatic heterocycles. The Hall–Kier alpha value is -1.66. The molecule has 2 aromatic rings. The van der Waals surface area contributed by atoms with Crippen LogP contribution in [0.15, 0.2) is 53.4 Å². The Morgan fingerprint density at radius 1 is 1.10 bits per heavy atom. The van der Waals surface area contributed by atoms with E-state index in [-0.39, 0.29) is 5.75 Å². The first-order valence-corrected chi connectivity index (χ1v) is 8.86. The molecule has 20 heavy (non-hydrogen) atoms. The van der Waals surface area contributed by atoms with Crippen LogP contribution in [0.1, 0.15) is 5.56 Å². The van der Waals surface area contributed by atoms with Crippen molar-refractivity contribution in [3.63, 3.8) is 0 Å². The van der Waals surface area contributed by atoms with Crippen molar-refractivity contribution in [3.8, 4) is 0 Å². The molecule has 4 nitrogen and oxygen atoms in total. The number of anilines is 2. The van der Waals surface area contributed by atoms with Gasteiger partial charge in [-0.3, -0.25) is 4.72 Å². The van der Waals surface area contributed by atoms with Gasteiger partial charge in [0, 0.05) is 10.6 Å². The van der Waals surface area contributed by atoms with Crippen LogP contribution in [0, 0.1) is 0 Å². The van der Waals surface area contributed by atoms with Crippen LogP contribution in [-0.2, 0) is 15.8 Å². The third-order valence-electron chi connectivity index (χ3n) is 2.77. The van der Waals surface area contributed by atoms with Gasteiger partial charge in [0.25, 0.3) is 0 Å². The number of rotatable bonds is 5. The fourth-order valence-electron chi connectivity index (χ4n) is 1.80. The topological polar surface area (TPSA) is 72.2 Å². The van der Waals surface area contributed by atoms with Gasteiger partial charge in [0.05, 0.1) is 11.4 Å². The Morgan fingerprint density at radius 2 is 1.75 bits per heavy atom. The number of hydrogen-bond acceptors (Lipinski definition) is 4. The third-order valence-corrected chi connectivity index (χ3v) is 4.79.